The number of aryl methyl sites for hydroxylation is 1. The average Bonchev–Trinajstić information content (AvgIpc) is 2.35. The lowest BCUT2D eigenvalue weighted by Gasteiger charge is -2.24. The van der Waals surface area contributed by atoms with Gasteiger partial charge in [-0.05, 0) is 30.9 Å². The number of aliphatic hydroxyl groups excluding tert-OH is 1. The Balaban J connectivity index is 2.08. The maximum absolute atomic E-state index is 13.6. The first kappa shape index (κ1) is 13.5. The zero-order valence-corrected chi connectivity index (χ0v) is 10.8. The highest BCUT2D eigenvalue weighted by atomic mass is 19.1. The molecule has 1 saturated carbocycles. The van der Waals surface area contributed by atoms with Crippen molar-refractivity contribution >= 4 is 0 Å². The monoisotopic (exact) mass is 254 g/mol. The van der Waals surface area contributed by atoms with E-state index in [2.05, 4.69) is 0 Å². The highest BCUT2D eigenvalue weighted by Crippen LogP contribution is 2.33. The van der Waals surface area contributed by atoms with Crippen molar-refractivity contribution in [1.82, 2.24) is 0 Å². The summed E-state index contributed by atoms with van der Waals surface area (Å²) in [6, 6.07) is 2.30. The van der Waals surface area contributed by atoms with Crippen molar-refractivity contribution in [3.8, 4) is 0 Å². The second kappa shape index (κ2) is 5.79. The molecular formula is C15H20F2O. The van der Waals surface area contributed by atoms with Crippen LogP contribution in [0.4, 0.5) is 8.78 Å². The summed E-state index contributed by atoms with van der Waals surface area (Å²) in [4.78, 5) is 0. The zero-order chi connectivity index (χ0) is 13.1. The molecule has 0 amide bonds. The minimum Gasteiger partial charge on any atom is -0.388 e. The van der Waals surface area contributed by atoms with E-state index < -0.39 is 17.7 Å². The molecule has 1 unspecified atom stereocenters. The molecule has 0 aromatic heterocycles. The van der Waals surface area contributed by atoms with Crippen LogP contribution in [0.3, 0.4) is 0 Å². The molecule has 0 saturated heterocycles. The van der Waals surface area contributed by atoms with Crippen LogP contribution in [-0.2, 0) is 0 Å². The molecule has 0 radical (unpaired) electrons. The molecule has 1 aromatic rings. The molecule has 1 N–H and O–H groups in total. The third-order valence-electron chi connectivity index (χ3n) is 3.92. The Bertz CT molecular complexity index is 411. The summed E-state index contributed by atoms with van der Waals surface area (Å²) in [6.07, 6.45) is 5.65. The standard InChI is InChI=1S/C15H20F2O/c1-10-7-12(14(17)9-13(10)16)15(18)8-11-5-3-2-4-6-11/h7,9,11,15,18H,2-6,8H2,1H3. The highest BCUT2D eigenvalue weighted by molar-refractivity contribution is 5.27. The van der Waals surface area contributed by atoms with Crippen LogP contribution < -0.4 is 0 Å². The number of halogens is 2. The first-order valence-corrected chi connectivity index (χ1v) is 6.71. The van der Waals surface area contributed by atoms with Crippen LogP contribution >= 0.6 is 0 Å². The Morgan fingerprint density at radius 2 is 1.83 bits per heavy atom. The fraction of sp³-hybridized carbons (Fsp3) is 0.600. The second-order valence-corrected chi connectivity index (χ2v) is 5.38. The van der Waals surface area contributed by atoms with Crippen LogP contribution in [0, 0.1) is 24.5 Å². The Labute approximate surface area is 107 Å². The molecule has 2 rings (SSSR count). The lowest BCUT2D eigenvalue weighted by atomic mass is 9.84. The van der Waals surface area contributed by atoms with E-state index in [9.17, 15) is 13.9 Å². The SMILES string of the molecule is Cc1cc(C(O)CC2CCCCC2)c(F)cc1F. The van der Waals surface area contributed by atoms with E-state index >= 15 is 0 Å². The molecular weight excluding hydrogens is 234 g/mol. The van der Waals surface area contributed by atoms with Crippen molar-refractivity contribution in [2.45, 2.75) is 51.6 Å². The van der Waals surface area contributed by atoms with Gasteiger partial charge in [-0.15, -0.1) is 0 Å². The van der Waals surface area contributed by atoms with Gasteiger partial charge in [0.05, 0.1) is 6.10 Å². The van der Waals surface area contributed by atoms with Crippen molar-refractivity contribution in [2.24, 2.45) is 5.92 Å². The molecule has 1 aliphatic carbocycles. The van der Waals surface area contributed by atoms with E-state index in [1.165, 1.54) is 25.3 Å². The van der Waals surface area contributed by atoms with Crippen molar-refractivity contribution in [1.29, 1.82) is 0 Å². The molecule has 0 aliphatic heterocycles. The van der Waals surface area contributed by atoms with Crippen LogP contribution in [0.1, 0.15) is 55.8 Å². The molecule has 0 heterocycles. The molecule has 100 valence electrons. The highest BCUT2D eigenvalue weighted by Gasteiger charge is 2.21. The lowest BCUT2D eigenvalue weighted by Crippen LogP contribution is -2.12. The summed E-state index contributed by atoms with van der Waals surface area (Å²) in [6.45, 7) is 1.59. The summed E-state index contributed by atoms with van der Waals surface area (Å²) in [7, 11) is 0. The van der Waals surface area contributed by atoms with Crippen molar-refractivity contribution in [3.05, 3.63) is 34.9 Å². The van der Waals surface area contributed by atoms with Gasteiger partial charge in [0, 0.05) is 11.6 Å². The maximum Gasteiger partial charge on any atom is 0.131 e. The first-order chi connectivity index (χ1) is 8.58. The van der Waals surface area contributed by atoms with E-state index in [0.717, 1.165) is 18.9 Å². The normalized spacial score (nSPS) is 18.9. The lowest BCUT2D eigenvalue weighted by molar-refractivity contribution is 0.127. The van der Waals surface area contributed by atoms with Gasteiger partial charge in [-0.25, -0.2) is 8.78 Å². The number of hydrogen-bond donors (Lipinski definition) is 1. The summed E-state index contributed by atoms with van der Waals surface area (Å²) in [5.74, 6) is -0.721. The smallest absolute Gasteiger partial charge is 0.131 e. The van der Waals surface area contributed by atoms with Gasteiger partial charge in [0.25, 0.3) is 0 Å². The van der Waals surface area contributed by atoms with E-state index in [1.807, 2.05) is 0 Å². The number of aliphatic hydroxyl groups is 1. The molecule has 1 fully saturated rings. The zero-order valence-electron chi connectivity index (χ0n) is 10.8. The molecule has 1 atom stereocenters. The van der Waals surface area contributed by atoms with Crippen LogP contribution in [0.5, 0.6) is 0 Å². The van der Waals surface area contributed by atoms with Crippen molar-refractivity contribution in [3.63, 3.8) is 0 Å². The molecule has 3 heteroatoms. The Morgan fingerprint density at radius 1 is 1.17 bits per heavy atom. The predicted octanol–water partition coefficient (Wildman–Crippen LogP) is 4.28. The molecule has 1 nitrogen and oxygen atoms in total. The van der Waals surface area contributed by atoms with Gasteiger partial charge in [-0.3, -0.25) is 0 Å². The number of hydrogen-bond acceptors (Lipinski definition) is 1. The molecule has 1 aromatic carbocycles. The summed E-state index contributed by atoms with van der Waals surface area (Å²) < 4.78 is 26.8. The maximum atomic E-state index is 13.6. The quantitative estimate of drug-likeness (QED) is 0.853. The fourth-order valence-electron chi connectivity index (χ4n) is 2.80. The van der Waals surface area contributed by atoms with E-state index in [4.69, 9.17) is 0 Å². The second-order valence-electron chi connectivity index (χ2n) is 5.38. The average molecular weight is 254 g/mol. The fourth-order valence-corrected chi connectivity index (χ4v) is 2.80. The van der Waals surface area contributed by atoms with Gasteiger partial charge in [-0.1, -0.05) is 32.1 Å². The van der Waals surface area contributed by atoms with Crippen LogP contribution in [0.2, 0.25) is 0 Å². The molecule has 0 bridgehead atoms. The minimum atomic E-state index is -0.813. The Kier molecular flexibility index (Phi) is 4.33. The van der Waals surface area contributed by atoms with Crippen LogP contribution in [0.15, 0.2) is 12.1 Å². The topological polar surface area (TPSA) is 20.2 Å². The Hall–Kier alpha value is -0.960. The predicted molar refractivity (Wildman–Crippen MR) is 67.2 cm³/mol. The largest absolute Gasteiger partial charge is 0.388 e. The van der Waals surface area contributed by atoms with Gasteiger partial charge >= 0.3 is 0 Å². The van der Waals surface area contributed by atoms with Gasteiger partial charge in [0.15, 0.2) is 0 Å². The first-order valence-electron chi connectivity index (χ1n) is 6.71. The summed E-state index contributed by atoms with van der Waals surface area (Å²) in [5, 5.41) is 10.1. The third-order valence-corrected chi connectivity index (χ3v) is 3.92. The molecule has 1 aliphatic rings. The van der Waals surface area contributed by atoms with Gasteiger partial charge < -0.3 is 5.11 Å². The molecule has 18 heavy (non-hydrogen) atoms. The number of rotatable bonds is 3. The third kappa shape index (κ3) is 3.08. The summed E-state index contributed by atoms with van der Waals surface area (Å²) in [5.41, 5.74) is 0.619. The van der Waals surface area contributed by atoms with Crippen molar-refractivity contribution in [2.75, 3.05) is 0 Å². The van der Waals surface area contributed by atoms with Crippen LogP contribution in [0.25, 0.3) is 0 Å². The number of benzene rings is 1. The van der Waals surface area contributed by atoms with Crippen molar-refractivity contribution < 1.29 is 13.9 Å². The van der Waals surface area contributed by atoms with Gasteiger partial charge in [-0.2, -0.15) is 0 Å². The van der Waals surface area contributed by atoms with E-state index in [-0.39, 0.29) is 5.56 Å². The van der Waals surface area contributed by atoms with Crippen LogP contribution in [-0.4, -0.2) is 5.11 Å². The van der Waals surface area contributed by atoms with Gasteiger partial charge in [0.1, 0.15) is 11.6 Å². The Morgan fingerprint density at radius 3 is 2.50 bits per heavy atom. The van der Waals surface area contributed by atoms with E-state index in [1.54, 1.807) is 6.92 Å². The minimum absolute atomic E-state index is 0.236. The van der Waals surface area contributed by atoms with Gasteiger partial charge in [0.2, 0.25) is 0 Å². The summed E-state index contributed by atoms with van der Waals surface area (Å²) >= 11 is 0. The van der Waals surface area contributed by atoms with E-state index in [0.29, 0.717) is 17.9 Å². The molecule has 0 spiro atoms.